The van der Waals surface area contributed by atoms with E-state index in [0.717, 1.165) is 6.54 Å². The summed E-state index contributed by atoms with van der Waals surface area (Å²) in [5.41, 5.74) is 2.80. The zero-order valence-electron chi connectivity index (χ0n) is 18.0. The van der Waals surface area contributed by atoms with Gasteiger partial charge in [-0.15, -0.1) is 45.3 Å². The molecular weight excluding hydrogens is 455 g/mol. The lowest BCUT2D eigenvalue weighted by Crippen LogP contribution is -2.00. The normalized spacial score (nSPS) is 11.7. The van der Waals surface area contributed by atoms with Gasteiger partial charge in [0.2, 0.25) is 0 Å². The van der Waals surface area contributed by atoms with E-state index in [1.54, 1.807) is 0 Å². The number of anilines is 1. The molecule has 0 aliphatic carbocycles. The molecule has 160 valence electrons. The van der Waals surface area contributed by atoms with Crippen molar-refractivity contribution in [2.24, 2.45) is 0 Å². The lowest BCUT2D eigenvalue weighted by atomic mass is 10.1. The summed E-state index contributed by atoms with van der Waals surface area (Å²) in [6.45, 7) is 5.56. The van der Waals surface area contributed by atoms with Crippen LogP contribution >= 0.6 is 45.3 Å². The average Bonchev–Trinajstić information content (AvgIpc) is 3.56. The van der Waals surface area contributed by atoms with E-state index in [-0.39, 0.29) is 0 Å². The highest BCUT2D eigenvalue weighted by molar-refractivity contribution is 7.29. The molecular formula is C26H27NS4. The number of benzene rings is 1. The number of hydrogen-bond donors (Lipinski definition) is 1. The van der Waals surface area contributed by atoms with Gasteiger partial charge in [0.25, 0.3) is 0 Å². The highest BCUT2D eigenvalue weighted by atomic mass is 32.1. The smallest absolute Gasteiger partial charge is 0.0674 e. The van der Waals surface area contributed by atoms with Crippen molar-refractivity contribution in [1.29, 1.82) is 0 Å². The third-order valence-electron chi connectivity index (χ3n) is 5.69. The Morgan fingerprint density at radius 2 is 1.61 bits per heavy atom. The Kier molecular flexibility index (Phi) is 6.46. The molecule has 0 bridgehead atoms. The number of nitrogens with one attached hydrogen (secondary N) is 1. The van der Waals surface area contributed by atoms with Crippen molar-refractivity contribution in [1.82, 2.24) is 0 Å². The van der Waals surface area contributed by atoms with Crippen molar-refractivity contribution >= 4 is 71.2 Å². The third-order valence-corrected chi connectivity index (χ3v) is 10.2. The molecule has 0 saturated carbocycles. The Labute approximate surface area is 200 Å². The quantitative estimate of drug-likeness (QED) is 0.206. The first-order valence-electron chi connectivity index (χ1n) is 11.1. The van der Waals surface area contributed by atoms with E-state index in [4.69, 9.17) is 0 Å². The lowest BCUT2D eigenvalue weighted by Gasteiger charge is -2.05. The molecule has 1 N–H and O–H groups in total. The van der Waals surface area contributed by atoms with Gasteiger partial charge in [0.1, 0.15) is 0 Å². The molecule has 4 aromatic heterocycles. The van der Waals surface area contributed by atoms with Crippen LogP contribution in [0, 0.1) is 0 Å². The van der Waals surface area contributed by atoms with E-state index < -0.39 is 0 Å². The molecule has 31 heavy (non-hydrogen) atoms. The average molecular weight is 482 g/mol. The van der Waals surface area contributed by atoms with Gasteiger partial charge in [0.05, 0.1) is 10.6 Å². The van der Waals surface area contributed by atoms with Gasteiger partial charge in [-0.05, 0) is 71.3 Å². The monoisotopic (exact) mass is 481 g/mol. The van der Waals surface area contributed by atoms with Crippen LogP contribution in [0.3, 0.4) is 0 Å². The first-order chi connectivity index (χ1) is 15.3. The van der Waals surface area contributed by atoms with E-state index >= 15 is 0 Å². The summed E-state index contributed by atoms with van der Waals surface area (Å²) < 4.78 is 2.83. The van der Waals surface area contributed by atoms with Gasteiger partial charge in [-0.1, -0.05) is 32.8 Å². The van der Waals surface area contributed by atoms with E-state index in [9.17, 15) is 0 Å². The first-order valence-corrected chi connectivity index (χ1v) is 14.5. The molecule has 0 spiro atoms. The maximum Gasteiger partial charge on any atom is 0.0674 e. The van der Waals surface area contributed by atoms with Crippen molar-refractivity contribution in [2.45, 2.75) is 46.0 Å². The van der Waals surface area contributed by atoms with E-state index in [0.29, 0.717) is 0 Å². The van der Waals surface area contributed by atoms with Crippen LogP contribution in [0.4, 0.5) is 5.69 Å². The fraction of sp³-hybridized carbons (Fsp3) is 0.308. The van der Waals surface area contributed by atoms with Crippen LogP contribution in [-0.4, -0.2) is 6.54 Å². The van der Waals surface area contributed by atoms with Crippen molar-refractivity contribution in [2.75, 3.05) is 11.9 Å². The Bertz CT molecular complexity index is 1300. The fourth-order valence-corrected chi connectivity index (χ4v) is 8.42. The SMILES string of the molecule is CCCCNc1ccsc1-c1cc2ccc3sc(-c4sccc4CCCC)cc3c2s1. The standard InChI is InChI=1S/C26H27NS4/c1-3-5-7-17-10-13-28-25(17)23-16-19-21(30-23)9-8-18-15-22(31-24(18)19)26-20(11-14-29-26)27-12-6-4-2/h8-11,13-16,27H,3-7,12H2,1-2H3. The summed E-state index contributed by atoms with van der Waals surface area (Å²) in [7, 11) is 0. The molecule has 1 nitrogen and oxygen atoms in total. The molecule has 1 aromatic carbocycles. The molecule has 0 aliphatic rings. The van der Waals surface area contributed by atoms with Gasteiger partial charge in [-0.25, -0.2) is 0 Å². The minimum absolute atomic E-state index is 1.05. The van der Waals surface area contributed by atoms with Gasteiger partial charge >= 0.3 is 0 Å². The van der Waals surface area contributed by atoms with E-state index in [2.05, 4.69) is 66.3 Å². The Morgan fingerprint density at radius 1 is 0.806 bits per heavy atom. The summed E-state index contributed by atoms with van der Waals surface area (Å²) in [5, 5.41) is 10.9. The van der Waals surface area contributed by atoms with Gasteiger partial charge in [0.15, 0.2) is 0 Å². The van der Waals surface area contributed by atoms with Gasteiger partial charge in [-0.3, -0.25) is 0 Å². The van der Waals surface area contributed by atoms with Crippen LogP contribution in [0.1, 0.15) is 45.1 Å². The molecule has 0 unspecified atom stereocenters. The van der Waals surface area contributed by atoms with Crippen LogP contribution in [0.25, 0.3) is 39.7 Å². The summed E-state index contributed by atoms with van der Waals surface area (Å²) >= 11 is 7.64. The third kappa shape index (κ3) is 4.21. The summed E-state index contributed by atoms with van der Waals surface area (Å²) in [4.78, 5) is 5.65. The summed E-state index contributed by atoms with van der Waals surface area (Å²) in [6, 6.07) is 14.0. The summed E-state index contributed by atoms with van der Waals surface area (Å²) in [5.74, 6) is 0. The van der Waals surface area contributed by atoms with Crippen molar-refractivity contribution in [3.63, 3.8) is 0 Å². The Hall–Kier alpha value is -1.66. The molecule has 5 heteroatoms. The molecule has 0 atom stereocenters. The highest BCUT2D eigenvalue weighted by Crippen LogP contribution is 2.46. The van der Waals surface area contributed by atoms with Crippen molar-refractivity contribution in [3.05, 3.63) is 52.7 Å². The topological polar surface area (TPSA) is 12.0 Å². The zero-order valence-corrected chi connectivity index (χ0v) is 21.3. The van der Waals surface area contributed by atoms with Crippen LogP contribution in [0.5, 0.6) is 0 Å². The minimum atomic E-state index is 1.05. The van der Waals surface area contributed by atoms with Crippen molar-refractivity contribution in [3.8, 4) is 19.5 Å². The number of thiophene rings is 4. The molecule has 5 aromatic rings. The molecule has 0 aliphatic heterocycles. The second-order valence-corrected chi connectivity index (χ2v) is 11.9. The first kappa shape index (κ1) is 21.2. The summed E-state index contributed by atoms with van der Waals surface area (Å²) in [6.07, 6.45) is 6.14. The molecule has 4 heterocycles. The predicted molar refractivity (Wildman–Crippen MR) is 146 cm³/mol. The lowest BCUT2D eigenvalue weighted by molar-refractivity contribution is 0.798. The molecule has 5 rings (SSSR count). The highest BCUT2D eigenvalue weighted by Gasteiger charge is 2.16. The number of unbranched alkanes of at least 4 members (excludes halogenated alkanes) is 2. The molecule has 0 radical (unpaired) electrons. The van der Waals surface area contributed by atoms with Crippen molar-refractivity contribution < 1.29 is 0 Å². The maximum absolute atomic E-state index is 3.64. The van der Waals surface area contributed by atoms with Crippen LogP contribution in [0.2, 0.25) is 0 Å². The van der Waals surface area contributed by atoms with Crippen LogP contribution < -0.4 is 5.32 Å². The second kappa shape index (κ2) is 9.45. The zero-order chi connectivity index (χ0) is 21.2. The Balaban J connectivity index is 1.53. The minimum Gasteiger partial charge on any atom is -0.384 e. The largest absolute Gasteiger partial charge is 0.384 e. The van der Waals surface area contributed by atoms with Crippen LogP contribution in [0.15, 0.2) is 47.2 Å². The van der Waals surface area contributed by atoms with Gasteiger partial charge in [0, 0.05) is 36.0 Å². The fourth-order valence-electron chi connectivity index (χ4n) is 3.99. The van der Waals surface area contributed by atoms with E-state index in [1.165, 1.54) is 83.0 Å². The van der Waals surface area contributed by atoms with Gasteiger partial charge < -0.3 is 5.32 Å². The molecule has 0 saturated heterocycles. The second-order valence-electron chi connectivity index (χ2n) is 7.94. The molecule has 0 fully saturated rings. The number of rotatable bonds is 9. The number of hydrogen-bond acceptors (Lipinski definition) is 5. The van der Waals surface area contributed by atoms with Gasteiger partial charge in [-0.2, -0.15) is 0 Å². The predicted octanol–water partition coefficient (Wildman–Crippen LogP) is 10.1. The number of aryl methyl sites for hydroxylation is 1. The molecule has 0 amide bonds. The number of fused-ring (bicyclic) bond motifs is 3. The Morgan fingerprint density at radius 3 is 2.48 bits per heavy atom. The van der Waals surface area contributed by atoms with E-state index in [1.807, 2.05) is 45.3 Å². The maximum atomic E-state index is 3.64. The van der Waals surface area contributed by atoms with Crippen LogP contribution in [-0.2, 0) is 6.42 Å².